The summed E-state index contributed by atoms with van der Waals surface area (Å²) in [5.74, 6) is 0.633. The van der Waals surface area contributed by atoms with Crippen LogP contribution in [-0.2, 0) is 0 Å². The van der Waals surface area contributed by atoms with Crippen LogP contribution in [0.1, 0.15) is 0 Å². The molecule has 0 fully saturated rings. The van der Waals surface area contributed by atoms with Crippen LogP contribution in [0.2, 0.25) is 0 Å². The first-order valence-corrected chi connectivity index (χ1v) is 19.1. The fourth-order valence-corrected chi connectivity index (χ4v) is 9.54. The van der Waals surface area contributed by atoms with E-state index in [0.717, 1.165) is 71.3 Å². The highest BCUT2D eigenvalue weighted by Gasteiger charge is 2.23. The van der Waals surface area contributed by atoms with Gasteiger partial charge in [-0.3, -0.25) is 4.57 Å². The molecule has 0 aliphatic heterocycles. The Balaban J connectivity index is 1.21. The van der Waals surface area contributed by atoms with E-state index in [1.807, 2.05) is 12.1 Å². The van der Waals surface area contributed by atoms with Gasteiger partial charge < -0.3 is 4.42 Å². The van der Waals surface area contributed by atoms with Gasteiger partial charge in [-0.2, -0.15) is 0 Å². The number of nitrogens with zero attached hydrogens (tertiary/aromatic N) is 3. The van der Waals surface area contributed by atoms with Crippen LogP contribution in [0.15, 0.2) is 180 Å². The van der Waals surface area contributed by atoms with E-state index in [1.54, 1.807) is 0 Å². The molecule has 0 unspecified atom stereocenters. The average molecular weight is 712 g/mol. The fraction of sp³-hybridized carbons (Fsp3) is 0. The van der Waals surface area contributed by atoms with Crippen LogP contribution in [0.3, 0.4) is 0 Å². The largest absolute Gasteiger partial charge is 0.456 e. The lowest BCUT2D eigenvalue weighted by Crippen LogP contribution is -2.04. The SMILES string of the molecule is c1ccc2c(c1)ccc1nc(-n3c4ccc5c6ccccc6c6ccccc6c5c4c4ccc5ccccc5c43)nc(-c3ccc4c(c3)oc3ccccc34)c12. The number of hydrogen-bond acceptors (Lipinski definition) is 3. The van der Waals surface area contributed by atoms with Crippen LogP contribution in [0.25, 0.3) is 126 Å². The molecule has 0 saturated carbocycles. The number of aromatic nitrogens is 3. The Labute approximate surface area is 319 Å². The minimum absolute atomic E-state index is 0.633. The Morgan fingerprint density at radius 3 is 1.75 bits per heavy atom. The minimum atomic E-state index is 0.633. The van der Waals surface area contributed by atoms with Crippen molar-refractivity contribution < 1.29 is 4.42 Å². The molecule has 0 spiro atoms. The average Bonchev–Trinajstić information content (AvgIpc) is 3.81. The molecule has 56 heavy (non-hydrogen) atoms. The van der Waals surface area contributed by atoms with E-state index >= 15 is 0 Å². The van der Waals surface area contributed by atoms with Crippen LogP contribution >= 0.6 is 0 Å². The zero-order chi connectivity index (χ0) is 36.5. The molecule has 0 saturated heterocycles. The van der Waals surface area contributed by atoms with Crippen LogP contribution in [0, 0.1) is 0 Å². The van der Waals surface area contributed by atoms with Crippen LogP contribution in [-0.4, -0.2) is 14.5 Å². The van der Waals surface area contributed by atoms with Crippen molar-refractivity contribution in [1.29, 1.82) is 0 Å². The van der Waals surface area contributed by atoms with Crippen molar-refractivity contribution in [2.24, 2.45) is 0 Å². The van der Waals surface area contributed by atoms with E-state index in [2.05, 4.69) is 168 Å². The van der Waals surface area contributed by atoms with Crippen molar-refractivity contribution in [1.82, 2.24) is 14.5 Å². The summed E-state index contributed by atoms with van der Waals surface area (Å²) in [5.41, 5.74) is 6.63. The quantitative estimate of drug-likeness (QED) is 0.168. The third kappa shape index (κ3) is 3.97. The van der Waals surface area contributed by atoms with E-state index in [-0.39, 0.29) is 0 Å². The second kappa shape index (κ2) is 11.0. The maximum atomic E-state index is 6.44. The number of benzene rings is 10. The van der Waals surface area contributed by atoms with Gasteiger partial charge >= 0.3 is 0 Å². The normalized spacial score (nSPS) is 12.3. The van der Waals surface area contributed by atoms with Crippen molar-refractivity contribution in [2.75, 3.05) is 0 Å². The van der Waals surface area contributed by atoms with Crippen molar-refractivity contribution in [3.8, 4) is 17.2 Å². The predicted octanol–water partition coefficient (Wildman–Crippen LogP) is 14.1. The number of para-hydroxylation sites is 1. The summed E-state index contributed by atoms with van der Waals surface area (Å²) in [6.07, 6.45) is 0. The topological polar surface area (TPSA) is 43.9 Å². The van der Waals surface area contributed by atoms with Gasteiger partial charge in [-0.05, 0) is 73.4 Å². The maximum absolute atomic E-state index is 6.44. The molecule has 258 valence electrons. The molecule has 3 aromatic heterocycles. The first kappa shape index (κ1) is 29.8. The molecule has 0 radical (unpaired) electrons. The van der Waals surface area contributed by atoms with Gasteiger partial charge in [-0.15, -0.1) is 0 Å². The van der Waals surface area contributed by atoms with Gasteiger partial charge in [-0.25, -0.2) is 9.97 Å². The molecule has 0 bridgehead atoms. The second-order valence-corrected chi connectivity index (χ2v) is 14.9. The highest BCUT2D eigenvalue weighted by atomic mass is 16.3. The number of rotatable bonds is 2. The van der Waals surface area contributed by atoms with E-state index in [4.69, 9.17) is 14.4 Å². The Kier molecular flexibility index (Phi) is 5.86. The van der Waals surface area contributed by atoms with E-state index in [9.17, 15) is 0 Å². The van der Waals surface area contributed by atoms with E-state index in [1.165, 1.54) is 48.5 Å². The monoisotopic (exact) mass is 711 g/mol. The highest BCUT2D eigenvalue weighted by Crippen LogP contribution is 2.45. The Bertz CT molecular complexity index is 3800. The van der Waals surface area contributed by atoms with Gasteiger partial charge in [0.1, 0.15) is 11.2 Å². The first-order chi connectivity index (χ1) is 27.8. The predicted molar refractivity (Wildman–Crippen MR) is 234 cm³/mol. The zero-order valence-corrected chi connectivity index (χ0v) is 30.0. The van der Waals surface area contributed by atoms with Crippen LogP contribution < -0.4 is 0 Å². The molecule has 0 amide bonds. The molecule has 4 heteroatoms. The van der Waals surface area contributed by atoms with Crippen LogP contribution in [0.4, 0.5) is 0 Å². The lowest BCUT2D eigenvalue weighted by atomic mass is 9.91. The Morgan fingerprint density at radius 2 is 0.946 bits per heavy atom. The van der Waals surface area contributed by atoms with Gasteiger partial charge in [0, 0.05) is 43.3 Å². The smallest absolute Gasteiger partial charge is 0.235 e. The molecule has 0 N–H and O–H groups in total. The third-order valence-corrected chi connectivity index (χ3v) is 11.9. The van der Waals surface area contributed by atoms with Crippen LogP contribution in [0.5, 0.6) is 0 Å². The van der Waals surface area contributed by atoms with Gasteiger partial charge in [0.15, 0.2) is 0 Å². The molecule has 10 aromatic carbocycles. The summed E-state index contributed by atoms with van der Waals surface area (Å²) in [6.45, 7) is 0. The molecule has 0 aliphatic carbocycles. The Morgan fingerprint density at radius 1 is 0.375 bits per heavy atom. The zero-order valence-electron chi connectivity index (χ0n) is 30.0. The van der Waals surface area contributed by atoms with Crippen molar-refractivity contribution in [2.45, 2.75) is 0 Å². The van der Waals surface area contributed by atoms with E-state index in [0.29, 0.717) is 5.95 Å². The molecular formula is C52H29N3O. The molecular weight excluding hydrogens is 683 g/mol. The molecule has 13 aromatic rings. The summed E-state index contributed by atoms with van der Waals surface area (Å²) in [6, 6.07) is 63.0. The standard InChI is InChI=1S/C52H29N3O/c1-3-13-33-30(11-1)23-27-43-48(33)50(32-22-24-39-38-18-9-10-20-45(38)56-46(39)29-32)54-52(53-43)55-44-28-26-41-37-17-6-5-15-35(37)36-16-7-8-19-40(36)47(41)49(44)42-25-21-31-12-2-4-14-34(31)51(42)55/h1-29H. The summed E-state index contributed by atoms with van der Waals surface area (Å²) < 4.78 is 8.75. The summed E-state index contributed by atoms with van der Waals surface area (Å²) in [7, 11) is 0. The van der Waals surface area contributed by atoms with Crippen molar-refractivity contribution in [3.63, 3.8) is 0 Å². The molecule has 3 heterocycles. The first-order valence-electron chi connectivity index (χ1n) is 19.1. The number of furan rings is 1. The number of hydrogen-bond donors (Lipinski definition) is 0. The Hall–Kier alpha value is -7.56. The third-order valence-electron chi connectivity index (χ3n) is 11.9. The summed E-state index contributed by atoms with van der Waals surface area (Å²) in [5, 5.41) is 17.7. The fourth-order valence-electron chi connectivity index (χ4n) is 9.54. The van der Waals surface area contributed by atoms with Gasteiger partial charge in [-0.1, -0.05) is 146 Å². The summed E-state index contributed by atoms with van der Waals surface area (Å²) >= 11 is 0. The lowest BCUT2D eigenvalue weighted by molar-refractivity contribution is 0.669. The minimum Gasteiger partial charge on any atom is -0.456 e. The van der Waals surface area contributed by atoms with Crippen molar-refractivity contribution >= 4 is 109 Å². The maximum Gasteiger partial charge on any atom is 0.235 e. The number of fused-ring (bicyclic) bond motifs is 18. The summed E-state index contributed by atoms with van der Waals surface area (Å²) in [4.78, 5) is 11.1. The lowest BCUT2D eigenvalue weighted by Gasteiger charge is -2.15. The van der Waals surface area contributed by atoms with Crippen molar-refractivity contribution in [3.05, 3.63) is 176 Å². The van der Waals surface area contributed by atoms with Gasteiger partial charge in [0.2, 0.25) is 5.95 Å². The second-order valence-electron chi connectivity index (χ2n) is 14.9. The molecule has 4 nitrogen and oxygen atoms in total. The highest BCUT2D eigenvalue weighted by molar-refractivity contribution is 6.36. The van der Waals surface area contributed by atoms with E-state index < -0.39 is 0 Å². The van der Waals surface area contributed by atoms with Gasteiger partial charge in [0.05, 0.1) is 22.2 Å². The van der Waals surface area contributed by atoms with Gasteiger partial charge in [0.25, 0.3) is 0 Å². The molecule has 0 atom stereocenters. The molecule has 13 rings (SSSR count). The molecule has 0 aliphatic rings.